The summed E-state index contributed by atoms with van der Waals surface area (Å²) in [6, 6.07) is 0.0898. The van der Waals surface area contributed by atoms with Crippen LogP contribution in [0.3, 0.4) is 0 Å². The Kier molecular flexibility index (Phi) is 5.79. The summed E-state index contributed by atoms with van der Waals surface area (Å²) in [5.41, 5.74) is 0. The summed E-state index contributed by atoms with van der Waals surface area (Å²) in [6.45, 7) is 1.38. The second-order valence-corrected chi connectivity index (χ2v) is 4.91. The molecule has 0 N–H and O–H groups in total. The molecule has 0 radical (unpaired) electrons. The van der Waals surface area contributed by atoms with Gasteiger partial charge in [-0.25, -0.2) is 0 Å². The van der Waals surface area contributed by atoms with Gasteiger partial charge in [-0.1, -0.05) is 12.8 Å². The van der Waals surface area contributed by atoms with E-state index in [1.165, 1.54) is 18.9 Å². The normalized spacial score (nSPS) is 15.1. The highest BCUT2D eigenvalue weighted by atomic mass is 16.5. The van der Waals surface area contributed by atoms with Gasteiger partial charge in [-0.3, -0.25) is 14.4 Å². The van der Waals surface area contributed by atoms with E-state index in [1.807, 2.05) is 0 Å². The fourth-order valence-electron chi connectivity index (χ4n) is 2.25. The molecule has 1 rings (SSSR count). The van der Waals surface area contributed by atoms with Crippen molar-refractivity contribution in [2.24, 2.45) is 0 Å². The van der Waals surface area contributed by atoms with Crippen molar-refractivity contribution in [3.8, 4) is 0 Å². The van der Waals surface area contributed by atoms with Crippen LogP contribution in [0.1, 0.15) is 32.6 Å². The van der Waals surface area contributed by atoms with E-state index in [-0.39, 0.29) is 30.9 Å². The number of carbonyl (C=O) groups excluding carboxylic acids is 3. The number of nitrogens with zero attached hydrogens (tertiary/aromatic N) is 2. The third-order valence-corrected chi connectivity index (χ3v) is 3.52. The van der Waals surface area contributed by atoms with Crippen LogP contribution in [0, 0.1) is 0 Å². The number of hydrogen-bond donors (Lipinski definition) is 0. The molecule has 0 spiro atoms. The zero-order valence-corrected chi connectivity index (χ0v) is 11.8. The van der Waals surface area contributed by atoms with Crippen LogP contribution in [0.5, 0.6) is 0 Å². The quantitative estimate of drug-likeness (QED) is 0.679. The smallest absolute Gasteiger partial charge is 0.325 e. The Labute approximate surface area is 113 Å². The van der Waals surface area contributed by atoms with E-state index in [4.69, 9.17) is 0 Å². The minimum atomic E-state index is -0.425. The molecule has 0 heterocycles. The lowest BCUT2D eigenvalue weighted by Crippen LogP contribution is -2.47. The number of esters is 1. The highest BCUT2D eigenvalue weighted by Crippen LogP contribution is 2.23. The lowest BCUT2D eigenvalue weighted by atomic mass is 10.2. The van der Waals surface area contributed by atoms with Crippen molar-refractivity contribution in [3.63, 3.8) is 0 Å². The van der Waals surface area contributed by atoms with Gasteiger partial charge in [0.05, 0.1) is 13.7 Å². The number of rotatable bonds is 5. The van der Waals surface area contributed by atoms with Gasteiger partial charge in [-0.15, -0.1) is 0 Å². The molecule has 1 fully saturated rings. The molecule has 1 aliphatic carbocycles. The Hall–Kier alpha value is -1.59. The molecule has 0 bridgehead atoms. The first-order valence-electron chi connectivity index (χ1n) is 6.53. The minimum Gasteiger partial charge on any atom is -0.468 e. The summed E-state index contributed by atoms with van der Waals surface area (Å²) in [5, 5.41) is 0. The third kappa shape index (κ3) is 4.54. The highest BCUT2D eigenvalue weighted by Gasteiger charge is 2.29. The fraction of sp³-hybridized carbons (Fsp3) is 0.769. The van der Waals surface area contributed by atoms with E-state index in [9.17, 15) is 14.4 Å². The van der Waals surface area contributed by atoms with Crippen molar-refractivity contribution in [1.29, 1.82) is 0 Å². The fourth-order valence-corrected chi connectivity index (χ4v) is 2.25. The topological polar surface area (TPSA) is 66.9 Å². The van der Waals surface area contributed by atoms with Gasteiger partial charge in [0.25, 0.3) is 0 Å². The standard InChI is InChI=1S/C13H22N2O4/c1-10(16)14(2)8-12(17)15(9-13(18)19-3)11-6-4-5-7-11/h11H,4-9H2,1-3H3. The van der Waals surface area contributed by atoms with Gasteiger partial charge in [-0.05, 0) is 12.8 Å². The minimum absolute atomic E-state index is 0.00281. The molecule has 108 valence electrons. The number of hydrogen-bond acceptors (Lipinski definition) is 4. The first-order valence-corrected chi connectivity index (χ1v) is 6.53. The third-order valence-electron chi connectivity index (χ3n) is 3.52. The summed E-state index contributed by atoms with van der Waals surface area (Å²) >= 11 is 0. The predicted molar refractivity (Wildman–Crippen MR) is 69.3 cm³/mol. The maximum atomic E-state index is 12.2. The molecule has 0 aromatic rings. The van der Waals surface area contributed by atoms with Gasteiger partial charge in [-0.2, -0.15) is 0 Å². The van der Waals surface area contributed by atoms with E-state index in [1.54, 1.807) is 11.9 Å². The molecule has 1 saturated carbocycles. The second-order valence-electron chi connectivity index (χ2n) is 4.91. The van der Waals surface area contributed by atoms with E-state index in [2.05, 4.69) is 4.74 Å². The summed E-state index contributed by atoms with van der Waals surface area (Å²) in [7, 11) is 2.88. The van der Waals surface area contributed by atoms with Gasteiger partial charge in [0.2, 0.25) is 11.8 Å². The molecule has 0 unspecified atom stereocenters. The lowest BCUT2D eigenvalue weighted by Gasteiger charge is -2.29. The summed E-state index contributed by atoms with van der Waals surface area (Å²) in [5.74, 6) is -0.793. The molecule has 1 aliphatic rings. The maximum absolute atomic E-state index is 12.2. The van der Waals surface area contributed by atoms with Crippen molar-refractivity contribution in [1.82, 2.24) is 9.80 Å². The predicted octanol–water partition coefficient (Wildman–Crippen LogP) is 0.409. The van der Waals surface area contributed by atoms with Crippen LogP contribution in [0.4, 0.5) is 0 Å². The van der Waals surface area contributed by atoms with E-state index in [0.717, 1.165) is 25.7 Å². The summed E-state index contributed by atoms with van der Waals surface area (Å²) in [4.78, 5) is 37.7. The van der Waals surface area contributed by atoms with Gasteiger partial charge in [0, 0.05) is 20.0 Å². The molecule has 0 aliphatic heterocycles. The Bertz CT molecular complexity index is 351. The Morgan fingerprint density at radius 3 is 2.21 bits per heavy atom. The molecular formula is C13H22N2O4. The van der Waals surface area contributed by atoms with Crippen molar-refractivity contribution >= 4 is 17.8 Å². The number of carbonyl (C=O) groups is 3. The van der Waals surface area contributed by atoms with Crippen molar-refractivity contribution in [2.75, 3.05) is 27.2 Å². The lowest BCUT2D eigenvalue weighted by molar-refractivity contribution is -0.149. The van der Waals surface area contributed by atoms with Crippen molar-refractivity contribution in [2.45, 2.75) is 38.6 Å². The molecule has 19 heavy (non-hydrogen) atoms. The zero-order chi connectivity index (χ0) is 14.4. The molecule has 6 heteroatoms. The molecule has 0 saturated heterocycles. The molecule has 0 aromatic heterocycles. The number of amides is 2. The van der Waals surface area contributed by atoms with Crippen LogP contribution in [-0.4, -0.2) is 60.9 Å². The number of ether oxygens (including phenoxy) is 1. The highest BCUT2D eigenvalue weighted by molar-refractivity contribution is 5.86. The van der Waals surface area contributed by atoms with Gasteiger partial charge in [0.1, 0.15) is 6.54 Å². The monoisotopic (exact) mass is 270 g/mol. The van der Waals surface area contributed by atoms with Gasteiger partial charge < -0.3 is 14.5 Å². The van der Waals surface area contributed by atoms with Crippen molar-refractivity contribution < 1.29 is 19.1 Å². The Morgan fingerprint density at radius 1 is 1.16 bits per heavy atom. The van der Waals surface area contributed by atoms with E-state index >= 15 is 0 Å². The van der Waals surface area contributed by atoms with E-state index in [0.29, 0.717) is 0 Å². The van der Waals surface area contributed by atoms with Crippen molar-refractivity contribution in [3.05, 3.63) is 0 Å². The van der Waals surface area contributed by atoms with Crippen LogP contribution in [-0.2, 0) is 19.1 Å². The number of methoxy groups -OCH3 is 1. The van der Waals surface area contributed by atoms with Gasteiger partial charge >= 0.3 is 5.97 Å². The van der Waals surface area contributed by atoms with E-state index < -0.39 is 5.97 Å². The molecular weight excluding hydrogens is 248 g/mol. The van der Waals surface area contributed by atoms with Gasteiger partial charge in [0.15, 0.2) is 0 Å². The van der Waals surface area contributed by atoms with Crippen LogP contribution < -0.4 is 0 Å². The Balaban J connectivity index is 2.68. The summed E-state index contributed by atoms with van der Waals surface area (Å²) < 4.78 is 4.63. The average Bonchev–Trinajstić information content (AvgIpc) is 2.88. The largest absolute Gasteiger partial charge is 0.468 e. The number of likely N-dealkylation sites (N-methyl/N-ethyl adjacent to an activating group) is 1. The molecule has 0 atom stereocenters. The van der Waals surface area contributed by atoms with Crippen LogP contribution >= 0.6 is 0 Å². The van der Waals surface area contributed by atoms with Crippen LogP contribution in [0.25, 0.3) is 0 Å². The summed E-state index contributed by atoms with van der Waals surface area (Å²) in [6.07, 6.45) is 3.95. The van der Waals surface area contributed by atoms with Crippen LogP contribution in [0.2, 0.25) is 0 Å². The molecule has 2 amide bonds. The zero-order valence-electron chi connectivity index (χ0n) is 11.8. The van der Waals surface area contributed by atoms with Crippen LogP contribution in [0.15, 0.2) is 0 Å². The molecule has 0 aromatic carbocycles. The second kappa shape index (κ2) is 7.11. The Morgan fingerprint density at radius 2 is 1.74 bits per heavy atom. The first kappa shape index (κ1) is 15.5. The maximum Gasteiger partial charge on any atom is 0.325 e. The SMILES string of the molecule is COC(=O)CN(C(=O)CN(C)C(C)=O)C1CCCC1. The average molecular weight is 270 g/mol. The molecule has 6 nitrogen and oxygen atoms in total. The first-order chi connectivity index (χ1) is 8.95.